The number of rotatable bonds is 1. The molecule has 14 heavy (non-hydrogen) atoms. The van der Waals surface area contributed by atoms with Crippen molar-refractivity contribution in [1.82, 2.24) is 10.2 Å². The lowest BCUT2D eigenvalue weighted by molar-refractivity contribution is 0.630. The van der Waals surface area contributed by atoms with E-state index in [0.29, 0.717) is 10.6 Å². The van der Waals surface area contributed by atoms with E-state index in [4.69, 9.17) is 0 Å². The van der Waals surface area contributed by atoms with Gasteiger partial charge in [-0.1, -0.05) is 23.0 Å². The first-order valence-corrected chi connectivity index (χ1v) is 4.80. The van der Waals surface area contributed by atoms with E-state index in [1.54, 1.807) is 12.1 Å². The molecule has 0 atom stereocenters. The van der Waals surface area contributed by atoms with Gasteiger partial charge in [0, 0.05) is 5.56 Å². The highest BCUT2D eigenvalue weighted by Crippen LogP contribution is 2.23. The van der Waals surface area contributed by atoms with Gasteiger partial charge in [-0.15, -0.1) is 0 Å². The van der Waals surface area contributed by atoms with Crippen LogP contribution in [0.2, 0.25) is 0 Å². The van der Waals surface area contributed by atoms with Gasteiger partial charge in [0.25, 0.3) is 0 Å². The van der Waals surface area contributed by atoms with Crippen molar-refractivity contribution in [2.24, 2.45) is 0 Å². The molecule has 0 fully saturated rings. The molecule has 0 aliphatic heterocycles. The Morgan fingerprint density at radius 2 is 2.29 bits per heavy atom. The maximum Gasteiger partial charge on any atom is 0.322 e. The lowest BCUT2D eigenvalue weighted by Gasteiger charge is -1.98. The van der Waals surface area contributed by atoms with Crippen molar-refractivity contribution >= 4 is 11.3 Å². The minimum Gasteiger partial charge on any atom is -0.255 e. The summed E-state index contributed by atoms with van der Waals surface area (Å²) in [7, 11) is 0. The third-order valence-corrected chi connectivity index (χ3v) is 2.57. The van der Waals surface area contributed by atoms with Crippen molar-refractivity contribution in [2.75, 3.05) is 0 Å². The SMILES string of the molecule is Cc1ccc(F)c(-c2n[nH]c(=O)s2)c1. The largest absolute Gasteiger partial charge is 0.322 e. The number of nitrogens with zero attached hydrogens (tertiary/aromatic N) is 1. The first-order valence-electron chi connectivity index (χ1n) is 3.99. The van der Waals surface area contributed by atoms with Gasteiger partial charge in [-0.25, -0.2) is 9.49 Å². The lowest BCUT2D eigenvalue weighted by atomic mass is 10.1. The number of H-pyrrole nitrogens is 1. The predicted octanol–water partition coefficient (Wildman–Crippen LogP) is 1.95. The molecule has 0 aliphatic carbocycles. The van der Waals surface area contributed by atoms with Crippen molar-refractivity contribution in [3.8, 4) is 10.6 Å². The molecule has 0 radical (unpaired) electrons. The topological polar surface area (TPSA) is 45.8 Å². The molecule has 2 rings (SSSR count). The number of benzene rings is 1. The highest BCUT2D eigenvalue weighted by molar-refractivity contribution is 7.12. The molecule has 0 aliphatic rings. The van der Waals surface area contributed by atoms with Crippen LogP contribution < -0.4 is 4.87 Å². The summed E-state index contributed by atoms with van der Waals surface area (Å²) < 4.78 is 13.3. The Bertz CT molecular complexity index is 518. The van der Waals surface area contributed by atoms with Crippen molar-refractivity contribution < 1.29 is 4.39 Å². The molecule has 2 aromatic rings. The van der Waals surface area contributed by atoms with E-state index in [9.17, 15) is 9.18 Å². The highest BCUT2D eigenvalue weighted by atomic mass is 32.1. The molecule has 0 saturated heterocycles. The quantitative estimate of drug-likeness (QED) is 0.781. The van der Waals surface area contributed by atoms with Crippen molar-refractivity contribution in [3.63, 3.8) is 0 Å². The second-order valence-corrected chi connectivity index (χ2v) is 3.86. The van der Waals surface area contributed by atoms with Crippen LogP contribution >= 0.6 is 11.3 Å². The number of nitrogens with one attached hydrogen (secondary N) is 1. The minimum atomic E-state index is -0.363. The molecule has 0 saturated carbocycles. The smallest absolute Gasteiger partial charge is 0.255 e. The van der Waals surface area contributed by atoms with Gasteiger partial charge in [0.1, 0.15) is 5.82 Å². The molecule has 3 nitrogen and oxygen atoms in total. The van der Waals surface area contributed by atoms with Crippen LogP contribution in [0, 0.1) is 12.7 Å². The Balaban J connectivity index is 2.61. The summed E-state index contributed by atoms with van der Waals surface area (Å²) in [5.74, 6) is -0.363. The monoisotopic (exact) mass is 210 g/mol. The molecular formula is C9H7FN2OS. The summed E-state index contributed by atoms with van der Waals surface area (Å²) in [6, 6.07) is 4.71. The second kappa shape index (κ2) is 3.34. The van der Waals surface area contributed by atoms with Crippen LogP contribution in [-0.4, -0.2) is 10.2 Å². The number of hydrogen-bond acceptors (Lipinski definition) is 3. The van der Waals surface area contributed by atoms with Crippen LogP contribution in [0.4, 0.5) is 4.39 Å². The van der Waals surface area contributed by atoms with E-state index in [0.717, 1.165) is 16.9 Å². The van der Waals surface area contributed by atoms with Crippen LogP contribution in [0.5, 0.6) is 0 Å². The molecular weight excluding hydrogens is 203 g/mol. The average molecular weight is 210 g/mol. The second-order valence-electron chi connectivity index (χ2n) is 2.90. The maximum absolute atomic E-state index is 13.3. The van der Waals surface area contributed by atoms with E-state index < -0.39 is 0 Å². The number of aromatic nitrogens is 2. The zero-order chi connectivity index (χ0) is 10.1. The van der Waals surface area contributed by atoms with Gasteiger partial charge in [-0.2, -0.15) is 5.10 Å². The number of hydrogen-bond donors (Lipinski definition) is 1. The first kappa shape index (κ1) is 9.08. The normalized spacial score (nSPS) is 10.4. The van der Waals surface area contributed by atoms with Crippen molar-refractivity contribution in [1.29, 1.82) is 0 Å². The van der Waals surface area contributed by atoms with E-state index >= 15 is 0 Å². The van der Waals surface area contributed by atoms with Gasteiger partial charge >= 0.3 is 4.87 Å². The van der Waals surface area contributed by atoms with E-state index in [2.05, 4.69) is 10.2 Å². The van der Waals surface area contributed by atoms with Crippen molar-refractivity contribution in [2.45, 2.75) is 6.92 Å². The fourth-order valence-corrected chi connectivity index (χ4v) is 1.77. The predicted molar refractivity (Wildman–Crippen MR) is 52.9 cm³/mol. The standard InChI is InChI=1S/C9H7FN2OS/c1-5-2-3-7(10)6(4-5)8-11-12-9(13)14-8/h2-4H,1H3,(H,12,13). The molecule has 0 spiro atoms. The summed E-state index contributed by atoms with van der Waals surface area (Å²) in [4.78, 5) is 10.6. The molecule has 72 valence electrons. The minimum absolute atomic E-state index is 0.277. The Kier molecular flexibility index (Phi) is 2.17. The Labute approximate surface area is 83.2 Å². The molecule has 1 aromatic heterocycles. The van der Waals surface area contributed by atoms with E-state index in [1.165, 1.54) is 6.07 Å². The van der Waals surface area contributed by atoms with Crippen LogP contribution in [0.3, 0.4) is 0 Å². The molecule has 1 N–H and O–H groups in total. The summed E-state index contributed by atoms with van der Waals surface area (Å²) in [6.07, 6.45) is 0. The van der Waals surface area contributed by atoms with E-state index in [-0.39, 0.29) is 10.7 Å². The van der Waals surface area contributed by atoms with Gasteiger partial charge in [0.2, 0.25) is 0 Å². The first-order chi connectivity index (χ1) is 6.66. The zero-order valence-electron chi connectivity index (χ0n) is 7.37. The van der Waals surface area contributed by atoms with Crippen LogP contribution in [-0.2, 0) is 0 Å². The lowest BCUT2D eigenvalue weighted by Crippen LogP contribution is -1.90. The van der Waals surface area contributed by atoms with Gasteiger partial charge < -0.3 is 0 Å². The van der Waals surface area contributed by atoms with Crippen molar-refractivity contribution in [3.05, 3.63) is 39.2 Å². The summed E-state index contributed by atoms with van der Waals surface area (Å²) >= 11 is 0.901. The third kappa shape index (κ3) is 1.58. The Morgan fingerprint density at radius 1 is 1.50 bits per heavy atom. The van der Waals surface area contributed by atoms with Gasteiger partial charge in [-0.3, -0.25) is 4.79 Å². The van der Waals surface area contributed by atoms with Gasteiger partial charge in [0.05, 0.1) is 0 Å². The fraction of sp³-hybridized carbons (Fsp3) is 0.111. The molecule has 5 heteroatoms. The number of aromatic amines is 1. The number of aryl methyl sites for hydroxylation is 1. The number of halogens is 1. The fourth-order valence-electron chi connectivity index (χ4n) is 1.15. The van der Waals surface area contributed by atoms with Crippen LogP contribution in [0.25, 0.3) is 10.6 Å². The van der Waals surface area contributed by atoms with E-state index in [1.807, 2.05) is 6.92 Å². The highest BCUT2D eigenvalue weighted by Gasteiger charge is 2.08. The Morgan fingerprint density at radius 3 is 2.93 bits per heavy atom. The maximum atomic E-state index is 13.3. The molecule has 0 amide bonds. The molecule has 1 aromatic carbocycles. The summed E-state index contributed by atoms with van der Waals surface area (Å²) in [6.45, 7) is 1.86. The summed E-state index contributed by atoms with van der Waals surface area (Å²) in [5, 5.41) is 6.37. The zero-order valence-corrected chi connectivity index (χ0v) is 8.19. The van der Waals surface area contributed by atoms with Gasteiger partial charge in [0.15, 0.2) is 5.01 Å². The third-order valence-electron chi connectivity index (χ3n) is 1.79. The molecule has 0 unspecified atom stereocenters. The van der Waals surface area contributed by atoms with Crippen LogP contribution in [0.15, 0.2) is 23.0 Å². The van der Waals surface area contributed by atoms with Crippen LogP contribution in [0.1, 0.15) is 5.56 Å². The Hall–Kier alpha value is -1.49. The molecule has 0 bridgehead atoms. The molecule has 1 heterocycles. The average Bonchev–Trinajstić information content (AvgIpc) is 2.56. The van der Waals surface area contributed by atoms with Gasteiger partial charge in [-0.05, 0) is 19.1 Å². The summed E-state index contributed by atoms with van der Waals surface area (Å²) in [5.41, 5.74) is 1.30.